The lowest BCUT2D eigenvalue weighted by Crippen LogP contribution is -2.12. The lowest BCUT2D eigenvalue weighted by Gasteiger charge is -2.24. The lowest BCUT2D eigenvalue weighted by atomic mass is 9.80. The molecule has 108 valence electrons. The van der Waals surface area contributed by atoms with E-state index < -0.39 is 0 Å². The Morgan fingerprint density at radius 2 is 1.71 bits per heavy atom. The van der Waals surface area contributed by atoms with Gasteiger partial charge in [0.05, 0.1) is 0 Å². The first-order valence-electron chi connectivity index (χ1n) is 7.45. The van der Waals surface area contributed by atoms with Crippen LogP contribution in [0, 0.1) is 11.7 Å². The number of allylic oxidation sites excluding steroid dienone is 1. The number of fused-ring (bicyclic) bond motifs is 1. The number of rotatable bonds is 4. The summed E-state index contributed by atoms with van der Waals surface area (Å²) in [4.78, 5) is 0. The fourth-order valence-corrected chi connectivity index (χ4v) is 3.08. The quantitative estimate of drug-likeness (QED) is 0.891. The van der Waals surface area contributed by atoms with Crippen molar-refractivity contribution >= 4 is 5.57 Å². The molecule has 1 N–H and O–H groups in total. The average molecular weight is 282 g/mol. The van der Waals surface area contributed by atoms with E-state index in [2.05, 4.69) is 18.2 Å². The van der Waals surface area contributed by atoms with Crippen molar-refractivity contribution in [1.29, 1.82) is 0 Å². The summed E-state index contributed by atoms with van der Waals surface area (Å²) in [5.74, 6) is 0.183. The Kier molecular flexibility index (Phi) is 4.16. The van der Waals surface area contributed by atoms with Crippen LogP contribution in [0.2, 0.25) is 0 Å². The normalized spacial score (nSPS) is 17.2. The van der Waals surface area contributed by atoms with Crippen molar-refractivity contribution in [2.45, 2.75) is 19.3 Å². The predicted octanol–water partition coefficient (Wildman–Crippen LogP) is 4.20. The van der Waals surface area contributed by atoms with E-state index in [0.29, 0.717) is 11.5 Å². The lowest BCUT2D eigenvalue weighted by molar-refractivity contribution is 0.277. The second-order valence-corrected chi connectivity index (χ2v) is 5.55. The number of aliphatic hydroxyl groups is 1. The number of hydrogen-bond donors (Lipinski definition) is 1. The van der Waals surface area contributed by atoms with Crippen LogP contribution >= 0.6 is 0 Å². The van der Waals surface area contributed by atoms with Gasteiger partial charge >= 0.3 is 0 Å². The second-order valence-electron chi connectivity index (χ2n) is 5.55. The summed E-state index contributed by atoms with van der Waals surface area (Å²) in [5.41, 5.74) is 4.04. The zero-order chi connectivity index (χ0) is 14.7. The molecule has 0 radical (unpaired) electrons. The van der Waals surface area contributed by atoms with Crippen molar-refractivity contribution in [2.24, 2.45) is 5.92 Å². The van der Waals surface area contributed by atoms with E-state index in [1.165, 1.54) is 11.6 Å². The number of benzene rings is 2. The van der Waals surface area contributed by atoms with E-state index in [9.17, 15) is 4.39 Å². The van der Waals surface area contributed by atoms with E-state index >= 15 is 0 Å². The van der Waals surface area contributed by atoms with Crippen LogP contribution in [-0.4, -0.2) is 11.7 Å². The molecular formula is C19H19FO. The molecule has 1 nitrogen and oxygen atoms in total. The molecule has 0 saturated carbocycles. The molecule has 0 aromatic heterocycles. The van der Waals surface area contributed by atoms with Gasteiger partial charge < -0.3 is 5.11 Å². The van der Waals surface area contributed by atoms with Gasteiger partial charge in [-0.3, -0.25) is 0 Å². The van der Waals surface area contributed by atoms with Gasteiger partial charge in [-0.05, 0) is 47.9 Å². The summed E-state index contributed by atoms with van der Waals surface area (Å²) >= 11 is 0. The van der Waals surface area contributed by atoms with Gasteiger partial charge in [0, 0.05) is 12.2 Å². The maximum Gasteiger partial charge on any atom is 0.131 e. The molecule has 0 heterocycles. The topological polar surface area (TPSA) is 20.2 Å². The van der Waals surface area contributed by atoms with Crippen molar-refractivity contribution in [3.05, 3.63) is 77.1 Å². The minimum absolute atomic E-state index is 0.179. The predicted molar refractivity (Wildman–Crippen MR) is 83.4 cm³/mol. The van der Waals surface area contributed by atoms with Crippen LogP contribution in [0.15, 0.2) is 54.6 Å². The van der Waals surface area contributed by atoms with Crippen molar-refractivity contribution < 1.29 is 9.50 Å². The number of aliphatic hydroxyl groups excluding tert-OH is 1. The third-order valence-corrected chi connectivity index (χ3v) is 4.09. The minimum atomic E-state index is -0.179. The van der Waals surface area contributed by atoms with Crippen LogP contribution in [0.3, 0.4) is 0 Å². The van der Waals surface area contributed by atoms with Gasteiger partial charge in [0.25, 0.3) is 0 Å². The van der Waals surface area contributed by atoms with E-state index in [-0.39, 0.29) is 12.4 Å². The average Bonchev–Trinajstić information content (AvgIpc) is 2.52. The Morgan fingerprint density at radius 1 is 1.00 bits per heavy atom. The monoisotopic (exact) mass is 282 g/mol. The van der Waals surface area contributed by atoms with Gasteiger partial charge in [0.1, 0.15) is 5.82 Å². The highest BCUT2D eigenvalue weighted by molar-refractivity contribution is 5.83. The van der Waals surface area contributed by atoms with E-state index in [0.717, 1.165) is 30.4 Å². The van der Waals surface area contributed by atoms with Crippen LogP contribution < -0.4 is 0 Å². The summed E-state index contributed by atoms with van der Waals surface area (Å²) in [7, 11) is 0. The highest BCUT2D eigenvalue weighted by Crippen LogP contribution is 2.36. The molecule has 2 aromatic rings. The third-order valence-electron chi connectivity index (χ3n) is 4.09. The molecule has 1 unspecified atom stereocenters. The molecule has 0 bridgehead atoms. The highest BCUT2D eigenvalue weighted by Gasteiger charge is 2.21. The molecule has 2 aromatic carbocycles. The Balaban J connectivity index is 2.05. The highest BCUT2D eigenvalue weighted by atomic mass is 19.1. The van der Waals surface area contributed by atoms with Crippen LogP contribution in [-0.2, 0) is 6.42 Å². The molecular weight excluding hydrogens is 263 g/mol. The zero-order valence-corrected chi connectivity index (χ0v) is 11.9. The maximum absolute atomic E-state index is 14.2. The summed E-state index contributed by atoms with van der Waals surface area (Å²) in [6.07, 6.45) is 4.86. The Labute approximate surface area is 124 Å². The Bertz CT molecular complexity index is 660. The molecule has 3 rings (SSSR count). The smallest absolute Gasteiger partial charge is 0.131 e. The van der Waals surface area contributed by atoms with Gasteiger partial charge in [0.2, 0.25) is 0 Å². The molecule has 0 amide bonds. The van der Waals surface area contributed by atoms with Gasteiger partial charge in [-0.2, -0.15) is 0 Å². The van der Waals surface area contributed by atoms with Crippen molar-refractivity contribution in [3.63, 3.8) is 0 Å². The summed E-state index contributed by atoms with van der Waals surface area (Å²) < 4.78 is 14.2. The first kappa shape index (κ1) is 14.0. The molecule has 2 heteroatoms. The maximum atomic E-state index is 14.2. The van der Waals surface area contributed by atoms with Crippen LogP contribution in [0.25, 0.3) is 5.57 Å². The summed E-state index contributed by atoms with van der Waals surface area (Å²) in [6.45, 7) is 0.209. The van der Waals surface area contributed by atoms with Gasteiger partial charge in [0.15, 0.2) is 0 Å². The first-order valence-corrected chi connectivity index (χ1v) is 7.45. The molecule has 0 saturated heterocycles. The third kappa shape index (κ3) is 2.91. The number of halogens is 1. The Morgan fingerprint density at radius 3 is 2.48 bits per heavy atom. The summed E-state index contributed by atoms with van der Waals surface area (Å²) in [5, 5.41) is 9.04. The second kappa shape index (κ2) is 6.23. The van der Waals surface area contributed by atoms with E-state index in [4.69, 9.17) is 5.11 Å². The fourth-order valence-electron chi connectivity index (χ4n) is 3.08. The molecule has 1 aliphatic carbocycles. The molecule has 0 aliphatic heterocycles. The standard InChI is InChI=1S/C19H19FO/c20-19-10-4-3-9-17(19)18-13-14(6-5-11-21)12-15-7-1-2-8-16(15)18/h1-4,7-10,13-14,21H,5-6,11-12H2. The Hall–Kier alpha value is -1.93. The minimum Gasteiger partial charge on any atom is -0.396 e. The van der Waals surface area contributed by atoms with Crippen molar-refractivity contribution in [2.75, 3.05) is 6.61 Å². The fraction of sp³-hybridized carbons (Fsp3) is 0.263. The largest absolute Gasteiger partial charge is 0.396 e. The van der Waals surface area contributed by atoms with Crippen molar-refractivity contribution in [1.82, 2.24) is 0 Å². The van der Waals surface area contributed by atoms with Crippen LogP contribution in [0.5, 0.6) is 0 Å². The SMILES string of the molecule is OCCCC1C=C(c2ccccc2F)c2ccccc2C1. The molecule has 1 atom stereocenters. The molecule has 1 aliphatic rings. The molecule has 21 heavy (non-hydrogen) atoms. The first-order chi connectivity index (χ1) is 10.3. The van der Waals surface area contributed by atoms with Crippen molar-refractivity contribution in [3.8, 4) is 0 Å². The van der Waals surface area contributed by atoms with Crippen LogP contribution in [0.1, 0.15) is 29.5 Å². The van der Waals surface area contributed by atoms with E-state index in [1.807, 2.05) is 24.3 Å². The van der Waals surface area contributed by atoms with Crippen LogP contribution in [0.4, 0.5) is 4.39 Å². The molecule has 0 fully saturated rings. The summed E-state index contributed by atoms with van der Waals surface area (Å²) in [6, 6.07) is 15.2. The van der Waals surface area contributed by atoms with Gasteiger partial charge in [-0.15, -0.1) is 0 Å². The number of hydrogen-bond acceptors (Lipinski definition) is 1. The van der Waals surface area contributed by atoms with E-state index in [1.54, 1.807) is 6.07 Å². The van der Waals surface area contributed by atoms with Gasteiger partial charge in [-0.25, -0.2) is 4.39 Å². The molecule has 0 spiro atoms. The van der Waals surface area contributed by atoms with Gasteiger partial charge in [-0.1, -0.05) is 48.5 Å². The zero-order valence-electron chi connectivity index (χ0n) is 11.9.